The number of ether oxygens (including phenoxy) is 1. The van der Waals surface area contributed by atoms with Crippen molar-refractivity contribution in [1.29, 1.82) is 0 Å². The van der Waals surface area contributed by atoms with Crippen LogP contribution in [0.15, 0.2) is 0 Å². The zero-order valence-electron chi connectivity index (χ0n) is 7.05. The van der Waals surface area contributed by atoms with Crippen molar-refractivity contribution in [2.24, 2.45) is 0 Å². The van der Waals surface area contributed by atoms with Crippen molar-refractivity contribution < 1.29 is 14.4 Å². The van der Waals surface area contributed by atoms with Crippen molar-refractivity contribution in [2.75, 3.05) is 19.8 Å². The molecule has 0 saturated heterocycles. The Balaban J connectivity index is 3.04. The van der Waals surface area contributed by atoms with Gasteiger partial charge < -0.3 is 9.57 Å². The average molecular weight is 161 g/mol. The SMILES string of the molecule is CCONCCC(=O)OCC. The van der Waals surface area contributed by atoms with E-state index in [1.807, 2.05) is 6.92 Å². The zero-order valence-corrected chi connectivity index (χ0v) is 7.05. The van der Waals surface area contributed by atoms with E-state index in [1.165, 1.54) is 0 Å². The number of carbonyl (C=O) groups excluding carboxylic acids is 1. The minimum atomic E-state index is -0.195. The van der Waals surface area contributed by atoms with Gasteiger partial charge in [0.1, 0.15) is 0 Å². The molecule has 11 heavy (non-hydrogen) atoms. The summed E-state index contributed by atoms with van der Waals surface area (Å²) >= 11 is 0. The molecular weight excluding hydrogens is 146 g/mol. The maximum Gasteiger partial charge on any atom is 0.307 e. The van der Waals surface area contributed by atoms with E-state index in [4.69, 9.17) is 4.84 Å². The predicted octanol–water partition coefficient (Wildman–Crippen LogP) is 0.481. The molecule has 0 aliphatic rings. The van der Waals surface area contributed by atoms with Crippen LogP contribution in [0.3, 0.4) is 0 Å². The summed E-state index contributed by atoms with van der Waals surface area (Å²) in [4.78, 5) is 15.5. The molecule has 0 unspecified atom stereocenters. The van der Waals surface area contributed by atoms with E-state index < -0.39 is 0 Å². The summed E-state index contributed by atoms with van der Waals surface area (Å²) in [5.74, 6) is -0.195. The molecule has 4 heteroatoms. The molecule has 0 aliphatic carbocycles. The molecule has 0 rings (SSSR count). The Labute approximate surface area is 66.8 Å². The molecular formula is C7H15NO3. The van der Waals surface area contributed by atoms with Crippen LogP contribution in [0, 0.1) is 0 Å². The van der Waals surface area contributed by atoms with Crippen LogP contribution in [-0.4, -0.2) is 25.7 Å². The van der Waals surface area contributed by atoms with Gasteiger partial charge in [-0.1, -0.05) is 0 Å². The van der Waals surface area contributed by atoms with Crippen LogP contribution in [0.2, 0.25) is 0 Å². The fourth-order valence-corrected chi connectivity index (χ4v) is 0.560. The molecule has 0 bridgehead atoms. The van der Waals surface area contributed by atoms with Crippen LogP contribution >= 0.6 is 0 Å². The fraction of sp³-hybridized carbons (Fsp3) is 0.857. The molecule has 0 aromatic rings. The molecule has 1 N–H and O–H groups in total. The quantitative estimate of drug-likeness (QED) is 0.349. The lowest BCUT2D eigenvalue weighted by Gasteiger charge is -2.02. The second-order valence-electron chi connectivity index (χ2n) is 1.88. The topological polar surface area (TPSA) is 47.6 Å². The molecule has 0 aromatic heterocycles. The molecule has 0 atom stereocenters. The summed E-state index contributed by atoms with van der Waals surface area (Å²) in [7, 11) is 0. The molecule has 0 aromatic carbocycles. The molecule has 0 aliphatic heterocycles. The van der Waals surface area contributed by atoms with Crippen molar-refractivity contribution >= 4 is 5.97 Å². The summed E-state index contributed by atoms with van der Waals surface area (Å²) in [6.07, 6.45) is 0.355. The van der Waals surface area contributed by atoms with E-state index in [0.29, 0.717) is 26.2 Å². The van der Waals surface area contributed by atoms with Crippen LogP contribution in [0.5, 0.6) is 0 Å². The molecule has 0 spiro atoms. The van der Waals surface area contributed by atoms with Crippen molar-refractivity contribution in [2.45, 2.75) is 20.3 Å². The normalized spacial score (nSPS) is 9.64. The third kappa shape index (κ3) is 7.29. The maximum atomic E-state index is 10.7. The standard InChI is InChI=1S/C7H15NO3/c1-3-10-7(9)5-6-8-11-4-2/h8H,3-6H2,1-2H3. The summed E-state index contributed by atoms with van der Waals surface area (Å²) < 4.78 is 4.69. The number of carbonyl (C=O) groups is 1. The summed E-state index contributed by atoms with van der Waals surface area (Å²) in [5.41, 5.74) is 2.62. The van der Waals surface area contributed by atoms with E-state index in [-0.39, 0.29) is 5.97 Å². The van der Waals surface area contributed by atoms with Gasteiger partial charge in [0.15, 0.2) is 0 Å². The first-order valence-corrected chi connectivity index (χ1v) is 3.81. The molecule has 0 amide bonds. The number of hydroxylamine groups is 1. The Morgan fingerprint density at radius 1 is 1.36 bits per heavy atom. The highest BCUT2D eigenvalue weighted by molar-refractivity contribution is 5.69. The third-order valence-electron chi connectivity index (χ3n) is 0.983. The highest BCUT2D eigenvalue weighted by Crippen LogP contribution is 1.83. The first-order chi connectivity index (χ1) is 5.31. The molecule has 4 nitrogen and oxygen atoms in total. The van der Waals surface area contributed by atoms with Gasteiger partial charge in [-0.05, 0) is 13.8 Å². The molecule has 0 saturated carbocycles. The lowest BCUT2D eigenvalue weighted by molar-refractivity contribution is -0.143. The fourth-order valence-electron chi connectivity index (χ4n) is 0.560. The third-order valence-corrected chi connectivity index (χ3v) is 0.983. The van der Waals surface area contributed by atoms with Crippen molar-refractivity contribution in [3.63, 3.8) is 0 Å². The van der Waals surface area contributed by atoms with Gasteiger partial charge in [-0.2, -0.15) is 0 Å². The summed E-state index contributed by atoms with van der Waals surface area (Å²) in [6.45, 7) is 5.20. The van der Waals surface area contributed by atoms with Gasteiger partial charge in [0.2, 0.25) is 0 Å². The molecule has 66 valence electrons. The Morgan fingerprint density at radius 3 is 2.64 bits per heavy atom. The van der Waals surface area contributed by atoms with Gasteiger partial charge in [-0.3, -0.25) is 4.79 Å². The predicted molar refractivity (Wildman–Crippen MR) is 40.9 cm³/mol. The number of esters is 1. The van der Waals surface area contributed by atoms with Crippen LogP contribution < -0.4 is 5.48 Å². The van der Waals surface area contributed by atoms with Crippen LogP contribution in [0.4, 0.5) is 0 Å². The smallest absolute Gasteiger partial charge is 0.307 e. The minimum absolute atomic E-state index is 0.195. The van der Waals surface area contributed by atoms with Crippen molar-refractivity contribution in [3.05, 3.63) is 0 Å². The van der Waals surface area contributed by atoms with Gasteiger partial charge in [-0.25, -0.2) is 5.48 Å². The van der Waals surface area contributed by atoms with E-state index in [2.05, 4.69) is 10.2 Å². The Hall–Kier alpha value is -0.610. The first-order valence-electron chi connectivity index (χ1n) is 3.81. The molecule has 0 heterocycles. The van der Waals surface area contributed by atoms with Gasteiger partial charge in [0, 0.05) is 6.54 Å². The Kier molecular flexibility index (Phi) is 7.08. The second-order valence-corrected chi connectivity index (χ2v) is 1.88. The highest BCUT2D eigenvalue weighted by atomic mass is 16.6. The van der Waals surface area contributed by atoms with E-state index in [0.717, 1.165) is 0 Å². The lowest BCUT2D eigenvalue weighted by Crippen LogP contribution is -2.19. The van der Waals surface area contributed by atoms with Crippen LogP contribution in [0.25, 0.3) is 0 Å². The average Bonchev–Trinajstić information content (AvgIpc) is 1.99. The number of hydrogen-bond donors (Lipinski definition) is 1. The minimum Gasteiger partial charge on any atom is -0.466 e. The number of nitrogens with one attached hydrogen (secondary N) is 1. The Bertz CT molecular complexity index is 106. The molecule has 0 fully saturated rings. The van der Waals surface area contributed by atoms with E-state index in [9.17, 15) is 4.79 Å². The van der Waals surface area contributed by atoms with Gasteiger partial charge in [0.05, 0.1) is 19.6 Å². The monoisotopic (exact) mass is 161 g/mol. The number of rotatable bonds is 6. The zero-order chi connectivity index (χ0) is 8.53. The maximum absolute atomic E-state index is 10.7. The number of hydrogen-bond acceptors (Lipinski definition) is 4. The second kappa shape index (κ2) is 7.50. The lowest BCUT2D eigenvalue weighted by atomic mass is 10.4. The van der Waals surface area contributed by atoms with Gasteiger partial charge >= 0.3 is 5.97 Å². The van der Waals surface area contributed by atoms with Crippen molar-refractivity contribution in [1.82, 2.24) is 5.48 Å². The van der Waals surface area contributed by atoms with Crippen LogP contribution in [-0.2, 0) is 14.4 Å². The first kappa shape index (κ1) is 10.4. The van der Waals surface area contributed by atoms with Crippen LogP contribution in [0.1, 0.15) is 20.3 Å². The summed E-state index contributed by atoms with van der Waals surface area (Å²) in [5, 5.41) is 0. The largest absolute Gasteiger partial charge is 0.466 e. The van der Waals surface area contributed by atoms with Gasteiger partial charge in [-0.15, -0.1) is 0 Å². The highest BCUT2D eigenvalue weighted by Gasteiger charge is 1.98. The van der Waals surface area contributed by atoms with Crippen molar-refractivity contribution in [3.8, 4) is 0 Å². The summed E-state index contributed by atoms with van der Waals surface area (Å²) in [6, 6.07) is 0. The Morgan fingerprint density at radius 2 is 2.09 bits per heavy atom. The molecule has 0 radical (unpaired) electrons. The van der Waals surface area contributed by atoms with E-state index in [1.54, 1.807) is 6.92 Å². The van der Waals surface area contributed by atoms with E-state index >= 15 is 0 Å². The van der Waals surface area contributed by atoms with Gasteiger partial charge in [0.25, 0.3) is 0 Å².